The largest absolute Gasteiger partial charge is 0.497 e. The maximum atomic E-state index is 5.32. The maximum absolute atomic E-state index is 5.32. The van der Waals surface area contributed by atoms with Gasteiger partial charge in [0.2, 0.25) is 0 Å². The van der Waals surface area contributed by atoms with Gasteiger partial charge in [0.1, 0.15) is 11.6 Å². The lowest BCUT2D eigenvalue weighted by atomic mass is 9.67. The summed E-state index contributed by atoms with van der Waals surface area (Å²) < 4.78 is 12.5. The van der Waals surface area contributed by atoms with E-state index in [1.54, 1.807) is 14.2 Å². The molecule has 0 spiro atoms. The van der Waals surface area contributed by atoms with Crippen molar-refractivity contribution in [2.24, 2.45) is 17.5 Å². The van der Waals surface area contributed by atoms with Crippen LogP contribution in [0.1, 0.15) is 42.9 Å². The van der Waals surface area contributed by atoms with Crippen LogP contribution in [0, 0.1) is 12.3 Å². The number of rotatable bonds is 10. The zero-order valence-corrected chi connectivity index (χ0v) is 21.3. The van der Waals surface area contributed by atoms with Crippen LogP contribution < -0.4 is 15.4 Å². The molecule has 1 aromatic heterocycles. The SMILES string of the molecule is COCCC1(CNC(=NCc2ccc(OC)cc2)NCc2nnc(C)n2C)CCC1.I. The van der Waals surface area contributed by atoms with Gasteiger partial charge in [-0.15, -0.1) is 34.2 Å². The number of halogens is 1. The van der Waals surface area contributed by atoms with Crippen molar-refractivity contribution in [3.05, 3.63) is 41.5 Å². The summed E-state index contributed by atoms with van der Waals surface area (Å²) in [6.07, 6.45) is 4.83. The number of aryl methyl sites for hydroxylation is 1. The monoisotopic (exact) mass is 542 g/mol. The van der Waals surface area contributed by atoms with Gasteiger partial charge in [0, 0.05) is 27.3 Å². The van der Waals surface area contributed by atoms with Crippen molar-refractivity contribution >= 4 is 29.9 Å². The summed E-state index contributed by atoms with van der Waals surface area (Å²) >= 11 is 0. The number of aromatic nitrogens is 3. The van der Waals surface area contributed by atoms with E-state index in [0.717, 1.165) is 48.5 Å². The lowest BCUT2D eigenvalue weighted by Crippen LogP contribution is -2.47. The number of benzene rings is 1. The molecule has 0 radical (unpaired) electrons. The predicted molar refractivity (Wildman–Crippen MR) is 133 cm³/mol. The average Bonchev–Trinajstić information content (AvgIpc) is 3.06. The number of nitrogens with one attached hydrogen (secondary N) is 2. The van der Waals surface area contributed by atoms with E-state index in [0.29, 0.717) is 18.5 Å². The Hall–Kier alpha value is -1.88. The molecule has 1 heterocycles. The molecule has 3 rings (SSSR count). The van der Waals surface area contributed by atoms with Gasteiger partial charge in [-0.2, -0.15) is 0 Å². The van der Waals surface area contributed by atoms with Crippen molar-refractivity contribution < 1.29 is 9.47 Å². The molecule has 172 valence electrons. The first-order valence-corrected chi connectivity index (χ1v) is 10.5. The fraction of sp³-hybridized carbons (Fsp3) is 0.591. The molecular weight excluding hydrogens is 507 g/mol. The lowest BCUT2D eigenvalue weighted by Gasteiger charge is -2.42. The molecule has 1 aliphatic carbocycles. The fourth-order valence-corrected chi connectivity index (χ4v) is 3.63. The van der Waals surface area contributed by atoms with Crippen molar-refractivity contribution in [3.63, 3.8) is 0 Å². The quantitative estimate of drug-likeness (QED) is 0.273. The van der Waals surface area contributed by atoms with Gasteiger partial charge >= 0.3 is 0 Å². The second-order valence-electron chi connectivity index (χ2n) is 8.04. The first-order valence-electron chi connectivity index (χ1n) is 10.5. The molecule has 1 fully saturated rings. The molecule has 0 bridgehead atoms. The van der Waals surface area contributed by atoms with Gasteiger partial charge in [-0.1, -0.05) is 18.6 Å². The summed E-state index contributed by atoms with van der Waals surface area (Å²) in [6.45, 7) is 4.79. The van der Waals surface area contributed by atoms with Crippen LogP contribution in [0.15, 0.2) is 29.3 Å². The molecule has 2 N–H and O–H groups in total. The summed E-state index contributed by atoms with van der Waals surface area (Å²) in [5.41, 5.74) is 1.43. The third kappa shape index (κ3) is 7.06. The van der Waals surface area contributed by atoms with Crippen LogP contribution in [-0.4, -0.2) is 48.1 Å². The molecule has 0 unspecified atom stereocenters. The minimum Gasteiger partial charge on any atom is -0.497 e. The smallest absolute Gasteiger partial charge is 0.191 e. The van der Waals surface area contributed by atoms with E-state index >= 15 is 0 Å². The third-order valence-electron chi connectivity index (χ3n) is 6.06. The van der Waals surface area contributed by atoms with E-state index in [9.17, 15) is 0 Å². The van der Waals surface area contributed by atoms with Gasteiger partial charge in [-0.25, -0.2) is 4.99 Å². The average molecular weight is 542 g/mol. The van der Waals surface area contributed by atoms with E-state index < -0.39 is 0 Å². The van der Waals surface area contributed by atoms with Crippen LogP contribution in [0.4, 0.5) is 0 Å². The van der Waals surface area contributed by atoms with E-state index in [-0.39, 0.29) is 24.0 Å². The van der Waals surface area contributed by atoms with Crippen molar-refractivity contribution in [2.45, 2.75) is 45.7 Å². The Morgan fingerprint density at radius 3 is 2.45 bits per heavy atom. The molecular formula is C22H35IN6O2. The zero-order valence-electron chi connectivity index (χ0n) is 19.0. The first-order chi connectivity index (χ1) is 14.5. The van der Waals surface area contributed by atoms with Gasteiger partial charge in [0.05, 0.1) is 20.2 Å². The number of guanidine groups is 1. The number of hydrogen-bond acceptors (Lipinski definition) is 5. The Labute approximate surface area is 202 Å². The Morgan fingerprint density at radius 2 is 1.90 bits per heavy atom. The number of ether oxygens (including phenoxy) is 2. The van der Waals surface area contributed by atoms with Crippen molar-refractivity contribution in [1.29, 1.82) is 0 Å². The predicted octanol–water partition coefficient (Wildman–Crippen LogP) is 3.19. The Morgan fingerprint density at radius 1 is 1.16 bits per heavy atom. The van der Waals surface area contributed by atoms with Gasteiger partial charge in [-0.05, 0) is 49.3 Å². The standard InChI is InChI=1S/C22H34N6O2.HI/c1-17-26-27-20(28(17)2)15-24-21(23-14-18-6-8-19(30-4)9-7-18)25-16-22(10-5-11-22)12-13-29-3;/h6-9H,5,10-16H2,1-4H3,(H2,23,24,25);1H. The minimum absolute atomic E-state index is 0. The lowest BCUT2D eigenvalue weighted by molar-refractivity contribution is 0.0732. The normalized spacial score (nSPS) is 15.0. The highest BCUT2D eigenvalue weighted by atomic mass is 127. The Kier molecular flexibility index (Phi) is 10.0. The topological polar surface area (TPSA) is 85.6 Å². The van der Waals surface area contributed by atoms with Gasteiger partial charge in [0.25, 0.3) is 0 Å². The highest BCUT2D eigenvalue weighted by molar-refractivity contribution is 14.0. The molecule has 0 aliphatic heterocycles. The van der Waals surface area contributed by atoms with Gasteiger partial charge in [0.15, 0.2) is 11.8 Å². The van der Waals surface area contributed by atoms with E-state index in [4.69, 9.17) is 14.5 Å². The van der Waals surface area contributed by atoms with Crippen molar-refractivity contribution in [3.8, 4) is 5.75 Å². The summed E-state index contributed by atoms with van der Waals surface area (Å²) in [7, 11) is 5.42. The van der Waals surface area contributed by atoms with Crippen LogP contribution in [0.5, 0.6) is 5.75 Å². The molecule has 9 heteroatoms. The van der Waals surface area contributed by atoms with E-state index in [1.807, 2.05) is 42.8 Å². The molecule has 31 heavy (non-hydrogen) atoms. The molecule has 1 aromatic carbocycles. The van der Waals surface area contributed by atoms with Gasteiger partial charge < -0.3 is 24.7 Å². The first kappa shape index (κ1) is 25.4. The second-order valence-corrected chi connectivity index (χ2v) is 8.04. The highest BCUT2D eigenvalue weighted by Gasteiger charge is 2.36. The molecule has 1 aliphatic rings. The summed E-state index contributed by atoms with van der Waals surface area (Å²) in [6, 6.07) is 8.00. The number of methoxy groups -OCH3 is 2. The Balaban J connectivity index is 0.00000341. The van der Waals surface area contributed by atoms with Crippen molar-refractivity contribution in [2.75, 3.05) is 27.4 Å². The van der Waals surface area contributed by atoms with Crippen LogP contribution >= 0.6 is 24.0 Å². The second kappa shape index (κ2) is 12.2. The van der Waals surface area contributed by atoms with E-state index in [2.05, 4.69) is 20.8 Å². The third-order valence-corrected chi connectivity index (χ3v) is 6.06. The van der Waals surface area contributed by atoms with Crippen LogP contribution in [0.25, 0.3) is 0 Å². The zero-order chi connectivity index (χ0) is 21.4. The molecule has 0 amide bonds. The van der Waals surface area contributed by atoms with Crippen molar-refractivity contribution in [1.82, 2.24) is 25.4 Å². The van der Waals surface area contributed by atoms with Crippen LogP contribution in [-0.2, 0) is 24.9 Å². The highest BCUT2D eigenvalue weighted by Crippen LogP contribution is 2.43. The Bertz CT molecular complexity index is 833. The summed E-state index contributed by atoms with van der Waals surface area (Å²) in [5.74, 6) is 3.41. The number of nitrogens with zero attached hydrogens (tertiary/aromatic N) is 4. The molecule has 8 nitrogen and oxygen atoms in total. The van der Waals surface area contributed by atoms with Gasteiger partial charge in [-0.3, -0.25) is 0 Å². The molecule has 2 aromatic rings. The van der Waals surface area contributed by atoms with Crippen LogP contribution in [0.2, 0.25) is 0 Å². The summed E-state index contributed by atoms with van der Waals surface area (Å²) in [5, 5.41) is 15.4. The number of hydrogen-bond donors (Lipinski definition) is 2. The summed E-state index contributed by atoms with van der Waals surface area (Å²) in [4.78, 5) is 4.81. The molecule has 0 atom stereocenters. The molecule has 0 saturated heterocycles. The van der Waals surface area contributed by atoms with Crippen LogP contribution in [0.3, 0.4) is 0 Å². The minimum atomic E-state index is 0. The maximum Gasteiger partial charge on any atom is 0.191 e. The van der Waals surface area contributed by atoms with E-state index in [1.165, 1.54) is 19.3 Å². The fourth-order valence-electron chi connectivity index (χ4n) is 3.63. The molecule has 1 saturated carbocycles. The number of aliphatic imine (C=N–C) groups is 1.